The largest absolute Gasteiger partial charge is 0.478 e. The molecular formula is C10H13NO5S. The van der Waals surface area contributed by atoms with Gasteiger partial charge in [-0.15, -0.1) is 0 Å². The molecule has 0 unspecified atom stereocenters. The van der Waals surface area contributed by atoms with E-state index in [1.165, 1.54) is 31.2 Å². The Balaban J connectivity index is 2.96. The van der Waals surface area contributed by atoms with Gasteiger partial charge in [0.1, 0.15) is 0 Å². The Labute approximate surface area is 99.0 Å². The van der Waals surface area contributed by atoms with Crippen LogP contribution in [-0.4, -0.2) is 37.2 Å². The average Bonchev–Trinajstić information content (AvgIpc) is 2.28. The van der Waals surface area contributed by atoms with Crippen molar-refractivity contribution in [1.29, 1.82) is 0 Å². The molecule has 0 saturated heterocycles. The fraction of sp³-hybridized carbons (Fsp3) is 0.300. The number of aliphatic hydroxyl groups is 1. The highest BCUT2D eigenvalue weighted by Crippen LogP contribution is 2.11. The number of nitrogens with one attached hydrogen (secondary N) is 1. The molecule has 94 valence electrons. The molecule has 0 aromatic heterocycles. The summed E-state index contributed by atoms with van der Waals surface area (Å²) in [4.78, 5) is 10.5. The van der Waals surface area contributed by atoms with Crippen LogP contribution in [0, 0.1) is 0 Å². The van der Waals surface area contributed by atoms with E-state index < -0.39 is 22.0 Å². The zero-order valence-electron chi connectivity index (χ0n) is 9.12. The van der Waals surface area contributed by atoms with Crippen LogP contribution in [0.3, 0.4) is 0 Å². The highest BCUT2D eigenvalue weighted by molar-refractivity contribution is 7.89. The van der Waals surface area contributed by atoms with Crippen molar-refractivity contribution in [1.82, 2.24) is 4.72 Å². The van der Waals surface area contributed by atoms with Gasteiger partial charge in [-0.1, -0.05) is 0 Å². The number of carboxylic acids is 1. The number of hydrogen-bond acceptors (Lipinski definition) is 4. The third-order valence-corrected chi connectivity index (χ3v) is 3.65. The number of aliphatic hydroxyl groups excluding tert-OH is 1. The van der Waals surface area contributed by atoms with Crippen LogP contribution in [0.2, 0.25) is 0 Å². The number of carboxylic acid groups (broad SMARTS) is 1. The lowest BCUT2D eigenvalue weighted by Gasteiger charge is -2.11. The highest BCUT2D eigenvalue weighted by Gasteiger charge is 2.17. The predicted molar refractivity (Wildman–Crippen MR) is 60.3 cm³/mol. The van der Waals surface area contributed by atoms with E-state index in [0.29, 0.717) is 0 Å². The van der Waals surface area contributed by atoms with Gasteiger partial charge in [0.15, 0.2) is 0 Å². The third-order valence-electron chi connectivity index (χ3n) is 2.04. The van der Waals surface area contributed by atoms with Crippen molar-refractivity contribution in [2.75, 3.05) is 6.61 Å². The van der Waals surface area contributed by atoms with Gasteiger partial charge in [0.25, 0.3) is 0 Å². The predicted octanol–water partition coefficient (Wildman–Crippen LogP) is 0.0439. The molecule has 0 aliphatic heterocycles. The van der Waals surface area contributed by atoms with Gasteiger partial charge in [0.05, 0.1) is 17.1 Å². The van der Waals surface area contributed by atoms with E-state index in [4.69, 9.17) is 10.2 Å². The fourth-order valence-corrected chi connectivity index (χ4v) is 2.38. The summed E-state index contributed by atoms with van der Waals surface area (Å²) in [5, 5.41) is 17.4. The molecule has 0 aliphatic carbocycles. The summed E-state index contributed by atoms with van der Waals surface area (Å²) >= 11 is 0. The lowest BCUT2D eigenvalue weighted by molar-refractivity contribution is 0.0696. The molecule has 1 rings (SSSR count). The summed E-state index contributed by atoms with van der Waals surface area (Å²) in [7, 11) is -3.72. The Morgan fingerprint density at radius 2 is 1.88 bits per heavy atom. The average molecular weight is 259 g/mol. The molecule has 0 bridgehead atoms. The number of benzene rings is 1. The van der Waals surface area contributed by atoms with Gasteiger partial charge in [0.2, 0.25) is 10.0 Å². The normalized spacial score (nSPS) is 13.3. The molecule has 0 fully saturated rings. The van der Waals surface area contributed by atoms with Crippen molar-refractivity contribution >= 4 is 16.0 Å². The van der Waals surface area contributed by atoms with E-state index in [9.17, 15) is 13.2 Å². The van der Waals surface area contributed by atoms with Crippen molar-refractivity contribution < 1.29 is 23.4 Å². The van der Waals surface area contributed by atoms with Crippen molar-refractivity contribution in [2.24, 2.45) is 0 Å². The number of rotatable bonds is 5. The van der Waals surface area contributed by atoms with Crippen molar-refractivity contribution in [3.8, 4) is 0 Å². The first-order chi connectivity index (χ1) is 7.86. The molecule has 0 amide bonds. The minimum Gasteiger partial charge on any atom is -0.478 e. The smallest absolute Gasteiger partial charge is 0.335 e. The summed E-state index contributed by atoms with van der Waals surface area (Å²) < 4.78 is 25.7. The standard InChI is InChI=1S/C10H13NO5S/c1-7(6-12)11-17(15,16)9-4-2-8(3-5-9)10(13)14/h2-5,7,11-12H,6H2,1H3,(H,13,14)/t7-/m0/s1. The van der Waals surface area contributed by atoms with Gasteiger partial charge in [-0.25, -0.2) is 17.9 Å². The minimum absolute atomic E-state index is 0.0131. The summed E-state index contributed by atoms with van der Waals surface area (Å²) in [6, 6.07) is 4.23. The summed E-state index contributed by atoms with van der Waals surface area (Å²) in [6.07, 6.45) is 0. The zero-order chi connectivity index (χ0) is 13.1. The second kappa shape index (κ2) is 5.26. The topological polar surface area (TPSA) is 104 Å². The maximum absolute atomic E-state index is 11.7. The third kappa shape index (κ3) is 3.52. The van der Waals surface area contributed by atoms with E-state index in [1.54, 1.807) is 0 Å². The van der Waals surface area contributed by atoms with E-state index in [2.05, 4.69) is 4.72 Å². The second-order valence-electron chi connectivity index (χ2n) is 3.53. The molecule has 0 heterocycles. The molecule has 3 N–H and O–H groups in total. The lowest BCUT2D eigenvalue weighted by atomic mass is 10.2. The number of aromatic carboxylic acids is 1. The molecule has 17 heavy (non-hydrogen) atoms. The Kier molecular flexibility index (Phi) is 4.22. The molecule has 1 aromatic carbocycles. The molecule has 1 atom stereocenters. The molecule has 0 radical (unpaired) electrons. The van der Waals surface area contributed by atoms with Crippen molar-refractivity contribution in [3.05, 3.63) is 29.8 Å². The van der Waals surface area contributed by atoms with Crippen LogP contribution in [-0.2, 0) is 10.0 Å². The van der Waals surface area contributed by atoms with E-state index in [0.717, 1.165) is 0 Å². The van der Waals surface area contributed by atoms with Crippen molar-refractivity contribution in [3.63, 3.8) is 0 Å². The number of hydrogen-bond donors (Lipinski definition) is 3. The summed E-state index contributed by atoms with van der Waals surface area (Å²) in [5.74, 6) is -1.12. The van der Waals surface area contributed by atoms with Crippen LogP contribution < -0.4 is 4.72 Å². The fourth-order valence-electron chi connectivity index (χ4n) is 1.15. The van der Waals surface area contributed by atoms with Gasteiger partial charge >= 0.3 is 5.97 Å². The monoisotopic (exact) mass is 259 g/mol. The Morgan fingerprint density at radius 1 is 1.35 bits per heavy atom. The molecule has 0 saturated carbocycles. The van der Waals surface area contributed by atoms with Gasteiger partial charge < -0.3 is 10.2 Å². The first-order valence-electron chi connectivity index (χ1n) is 4.83. The molecular weight excluding hydrogens is 246 g/mol. The first-order valence-corrected chi connectivity index (χ1v) is 6.31. The maximum Gasteiger partial charge on any atom is 0.335 e. The molecule has 7 heteroatoms. The van der Waals surface area contributed by atoms with Crippen LogP contribution in [0.5, 0.6) is 0 Å². The van der Waals surface area contributed by atoms with Gasteiger partial charge in [-0.05, 0) is 31.2 Å². The van der Waals surface area contributed by atoms with Crippen LogP contribution in [0.4, 0.5) is 0 Å². The summed E-state index contributed by atoms with van der Waals surface area (Å²) in [5.41, 5.74) is 0.0131. The van der Waals surface area contributed by atoms with Gasteiger partial charge in [-0.2, -0.15) is 0 Å². The van der Waals surface area contributed by atoms with E-state index in [-0.39, 0.29) is 17.1 Å². The van der Waals surface area contributed by atoms with Gasteiger partial charge in [-0.3, -0.25) is 0 Å². The number of carbonyl (C=O) groups is 1. The molecule has 0 spiro atoms. The van der Waals surface area contributed by atoms with Crippen LogP contribution in [0.1, 0.15) is 17.3 Å². The Morgan fingerprint density at radius 3 is 2.29 bits per heavy atom. The zero-order valence-corrected chi connectivity index (χ0v) is 9.94. The van der Waals surface area contributed by atoms with Crippen molar-refractivity contribution in [2.45, 2.75) is 17.9 Å². The van der Waals surface area contributed by atoms with Gasteiger partial charge in [0, 0.05) is 6.04 Å². The first kappa shape index (κ1) is 13.6. The van der Waals surface area contributed by atoms with E-state index >= 15 is 0 Å². The van der Waals surface area contributed by atoms with Crippen LogP contribution in [0.15, 0.2) is 29.2 Å². The second-order valence-corrected chi connectivity index (χ2v) is 5.25. The summed E-state index contributed by atoms with van der Waals surface area (Å²) in [6.45, 7) is 1.20. The Hall–Kier alpha value is -1.44. The molecule has 0 aliphatic rings. The van der Waals surface area contributed by atoms with Crippen LogP contribution in [0.25, 0.3) is 0 Å². The quantitative estimate of drug-likeness (QED) is 0.693. The highest BCUT2D eigenvalue weighted by atomic mass is 32.2. The molecule has 1 aromatic rings. The maximum atomic E-state index is 11.7. The SMILES string of the molecule is C[C@@H](CO)NS(=O)(=O)c1ccc(C(=O)O)cc1. The number of sulfonamides is 1. The Bertz CT molecular complexity index is 494. The van der Waals surface area contributed by atoms with Crippen LogP contribution >= 0.6 is 0 Å². The van der Waals surface area contributed by atoms with E-state index in [1.807, 2.05) is 0 Å². The molecule has 6 nitrogen and oxygen atoms in total. The minimum atomic E-state index is -3.72. The lowest BCUT2D eigenvalue weighted by Crippen LogP contribution is -2.34.